The van der Waals surface area contributed by atoms with Crippen molar-refractivity contribution in [3.63, 3.8) is 0 Å². The van der Waals surface area contributed by atoms with Crippen molar-refractivity contribution in [3.05, 3.63) is 93.8 Å². The van der Waals surface area contributed by atoms with E-state index < -0.39 is 5.60 Å². The van der Waals surface area contributed by atoms with Crippen molar-refractivity contribution in [2.75, 3.05) is 20.1 Å². The number of carbonyl (C=O) groups excluding carboxylic acids is 1. The van der Waals surface area contributed by atoms with Crippen LogP contribution in [-0.2, 0) is 23.2 Å². The summed E-state index contributed by atoms with van der Waals surface area (Å²) in [6.45, 7) is 14.6. The molecule has 0 aliphatic heterocycles. The molecule has 3 rings (SSSR count). The fraction of sp³-hybridized carbons (Fsp3) is 0.469. The second kappa shape index (κ2) is 13.6. The van der Waals surface area contributed by atoms with E-state index >= 15 is 0 Å². The second-order valence-electron chi connectivity index (χ2n) is 11.9. The molecule has 0 spiro atoms. The Bertz CT molecular complexity index is 1270. The minimum absolute atomic E-state index is 0.250. The zero-order valence-electron chi connectivity index (χ0n) is 24.8. The van der Waals surface area contributed by atoms with Crippen LogP contribution in [0.1, 0.15) is 75.5 Å². The Morgan fingerprint density at radius 3 is 2.27 bits per heavy atom. The SMILES string of the molecule is Cc1cc(Cl)cnc1CN(CCCCN(C)C(=O)OC(C)(C)C)Cc1ncccc1C(C)(C)c1ccc(F)cc1. The van der Waals surface area contributed by atoms with Crippen LogP contribution in [0, 0.1) is 12.7 Å². The average molecular weight is 569 g/mol. The van der Waals surface area contributed by atoms with Crippen molar-refractivity contribution in [3.8, 4) is 0 Å². The van der Waals surface area contributed by atoms with Crippen LogP contribution in [0.25, 0.3) is 0 Å². The number of rotatable bonds is 11. The smallest absolute Gasteiger partial charge is 0.410 e. The minimum Gasteiger partial charge on any atom is -0.444 e. The first-order chi connectivity index (χ1) is 18.8. The highest BCUT2D eigenvalue weighted by atomic mass is 35.5. The fourth-order valence-corrected chi connectivity index (χ4v) is 4.86. The molecule has 0 aliphatic carbocycles. The number of carbonyl (C=O) groups is 1. The van der Waals surface area contributed by atoms with Crippen LogP contribution >= 0.6 is 11.6 Å². The molecule has 40 heavy (non-hydrogen) atoms. The molecule has 3 aromatic rings. The van der Waals surface area contributed by atoms with Crippen LogP contribution in [0.2, 0.25) is 5.02 Å². The highest BCUT2D eigenvalue weighted by molar-refractivity contribution is 6.30. The molecular weight excluding hydrogens is 527 g/mol. The van der Waals surface area contributed by atoms with Gasteiger partial charge >= 0.3 is 6.09 Å². The first-order valence-electron chi connectivity index (χ1n) is 13.7. The maximum atomic E-state index is 13.6. The lowest BCUT2D eigenvalue weighted by Crippen LogP contribution is -2.35. The van der Waals surface area contributed by atoms with E-state index in [2.05, 4.69) is 29.8 Å². The quantitative estimate of drug-likeness (QED) is 0.223. The lowest BCUT2D eigenvalue weighted by Gasteiger charge is -2.30. The van der Waals surface area contributed by atoms with Gasteiger partial charge in [-0.15, -0.1) is 0 Å². The van der Waals surface area contributed by atoms with Gasteiger partial charge < -0.3 is 9.64 Å². The molecule has 1 aromatic carbocycles. The van der Waals surface area contributed by atoms with E-state index in [9.17, 15) is 9.18 Å². The van der Waals surface area contributed by atoms with Crippen LogP contribution in [0.4, 0.5) is 9.18 Å². The van der Waals surface area contributed by atoms with Gasteiger partial charge in [-0.3, -0.25) is 14.9 Å². The summed E-state index contributed by atoms with van der Waals surface area (Å²) in [5.41, 5.74) is 4.20. The molecule has 0 bridgehead atoms. The van der Waals surface area contributed by atoms with Gasteiger partial charge in [0.2, 0.25) is 0 Å². The molecule has 6 nitrogen and oxygen atoms in total. The Morgan fingerprint density at radius 2 is 1.62 bits per heavy atom. The van der Waals surface area contributed by atoms with Crippen molar-refractivity contribution in [2.45, 2.75) is 78.5 Å². The molecule has 2 heterocycles. The Balaban J connectivity index is 1.78. The van der Waals surface area contributed by atoms with Crippen LogP contribution < -0.4 is 0 Å². The van der Waals surface area contributed by atoms with Crippen molar-refractivity contribution >= 4 is 17.7 Å². The summed E-state index contributed by atoms with van der Waals surface area (Å²) in [6, 6.07) is 12.7. The van der Waals surface area contributed by atoms with E-state index in [1.54, 1.807) is 18.1 Å². The molecule has 0 fully saturated rings. The predicted molar refractivity (Wildman–Crippen MR) is 159 cm³/mol. The van der Waals surface area contributed by atoms with Gasteiger partial charge in [0, 0.05) is 44.5 Å². The first kappa shape index (κ1) is 31.5. The van der Waals surface area contributed by atoms with E-state index in [1.165, 1.54) is 12.1 Å². The Kier molecular flexibility index (Phi) is 10.7. The molecule has 1 amide bonds. The van der Waals surface area contributed by atoms with Gasteiger partial charge in [0.1, 0.15) is 11.4 Å². The maximum absolute atomic E-state index is 13.6. The summed E-state index contributed by atoms with van der Waals surface area (Å²) in [7, 11) is 1.77. The number of ether oxygens (including phenoxy) is 1. The van der Waals surface area contributed by atoms with Crippen molar-refractivity contribution in [1.29, 1.82) is 0 Å². The Hall–Kier alpha value is -3.03. The normalized spacial score (nSPS) is 12.1. The van der Waals surface area contributed by atoms with Gasteiger partial charge in [0.25, 0.3) is 0 Å². The second-order valence-corrected chi connectivity index (χ2v) is 12.3. The van der Waals surface area contributed by atoms with Gasteiger partial charge in [-0.2, -0.15) is 0 Å². The number of nitrogens with zero attached hydrogens (tertiary/aromatic N) is 4. The molecule has 216 valence electrons. The predicted octanol–water partition coefficient (Wildman–Crippen LogP) is 7.55. The van der Waals surface area contributed by atoms with Crippen LogP contribution in [0.3, 0.4) is 0 Å². The average Bonchev–Trinajstić information content (AvgIpc) is 2.87. The number of hydrogen-bond donors (Lipinski definition) is 0. The van der Waals surface area contributed by atoms with Crippen LogP contribution in [0.5, 0.6) is 0 Å². The number of pyridine rings is 2. The largest absolute Gasteiger partial charge is 0.444 e. The molecule has 0 saturated heterocycles. The fourth-order valence-electron chi connectivity index (χ4n) is 4.64. The molecular formula is C32H42ClFN4O2. The third kappa shape index (κ3) is 9.00. The molecule has 0 radical (unpaired) electrons. The first-order valence-corrected chi connectivity index (χ1v) is 14.1. The molecule has 8 heteroatoms. The van der Waals surface area contributed by atoms with Gasteiger partial charge in [0.15, 0.2) is 0 Å². The third-order valence-electron chi connectivity index (χ3n) is 6.95. The number of benzene rings is 1. The molecule has 0 aliphatic rings. The van der Waals surface area contributed by atoms with Gasteiger partial charge in [-0.05, 0) is 88.0 Å². The van der Waals surface area contributed by atoms with E-state index in [0.29, 0.717) is 24.7 Å². The summed E-state index contributed by atoms with van der Waals surface area (Å²) < 4.78 is 19.1. The van der Waals surface area contributed by atoms with E-state index in [-0.39, 0.29) is 17.3 Å². The monoisotopic (exact) mass is 568 g/mol. The van der Waals surface area contributed by atoms with E-state index in [0.717, 1.165) is 47.5 Å². The zero-order valence-corrected chi connectivity index (χ0v) is 25.6. The third-order valence-corrected chi connectivity index (χ3v) is 7.16. The number of hydrogen-bond acceptors (Lipinski definition) is 5. The molecule has 2 aromatic heterocycles. The number of aryl methyl sites for hydroxylation is 1. The number of halogens is 2. The van der Waals surface area contributed by atoms with Crippen molar-refractivity contribution in [1.82, 2.24) is 19.8 Å². The van der Waals surface area contributed by atoms with Crippen LogP contribution in [0.15, 0.2) is 54.9 Å². The zero-order chi connectivity index (χ0) is 29.5. The molecule has 0 unspecified atom stereocenters. The van der Waals surface area contributed by atoms with Gasteiger partial charge in [0.05, 0.1) is 16.4 Å². The standard InChI is InChI=1S/C32H42ClFN4O2/c1-23-19-25(33)20-36-28(23)21-38(18-9-8-17-37(7)30(39)40-31(2,3)4)22-29-27(11-10-16-35-29)32(5,6)24-12-14-26(34)15-13-24/h10-16,19-20H,8-9,17-18,21-22H2,1-7H3. The number of amides is 1. The maximum Gasteiger partial charge on any atom is 0.410 e. The Labute approximate surface area is 243 Å². The molecule has 0 saturated carbocycles. The summed E-state index contributed by atoms with van der Waals surface area (Å²) in [6.07, 6.45) is 4.89. The Morgan fingerprint density at radius 1 is 0.975 bits per heavy atom. The lowest BCUT2D eigenvalue weighted by atomic mass is 9.77. The molecule has 0 atom stereocenters. The number of aromatic nitrogens is 2. The van der Waals surface area contributed by atoms with Gasteiger partial charge in [-0.25, -0.2) is 9.18 Å². The minimum atomic E-state index is -0.520. The lowest BCUT2D eigenvalue weighted by molar-refractivity contribution is 0.0295. The van der Waals surface area contributed by atoms with E-state index in [4.69, 9.17) is 21.3 Å². The topological polar surface area (TPSA) is 58.6 Å². The van der Waals surface area contributed by atoms with Crippen molar-refractivity contribution < 1.29 is 13.9 Å². The van der Waals surface area contributed by atoms with Crippen molar-refractivity contribution in [2.24, 2.45) is 0 Å². The van der Waals surface area contributed by atoms with E-state index in [1.807, 2.05) is 58.2 Å². The van der Waals surface area contributed by atoms with Gasteiger partial charge in [-0.1, -0.05) is 43.6 Å². The summed E-state index contributed by atoms with van der Waals surface area (Å²) in [4.78, 5) is 25.7. The summed E-state index contributed by atoms with van der Waals surface area (Å²) in [5, 5.41) is 0.617. The summed E-state index contributed by atoms with van der Waals surface area (Å²) in [5.74, 6) is -0.250. The highest BCUT2D eigenvalue weighted by Crippen LogP contribution is 2.33. The summed E-state index contributed by atoms with van der Waals surface area (Å²) >= 11 is 6.17. The number of unbranched alkanes of at least 4 members (excludes halogenated alkanes) is 1. The molecule has 0 N–H and O–H groups in total. The highest BCUT2D eigenvalue weighted by Gasteiger charge is 2.27. The van der Waals surface area contributed by atoms with Crippen LogP contribution in [-0.4, -0.2) is 51.6 Å².